The number of thioether (sulfide) groups is 1. The van der Waals surface area contributed by atoms with Gasteiger partial charge in [0.05, 0.1) is 6.61 Å². The van der Waals surface area contributed by atoms with Crippen LogP contribution in [0.3, 0.4) is 0 Å². The second kappa shape index (κ2) is 8.20. The molecule has 0 unspecified atom stereocenters. The van der Waals surface area contributed by atoms with E-state index < -0.39 is 0 Å². The van der Waals surface area contributed by atoms with Gasteiger partial charge in [-0.1, -0.05) is 35.9 Å². The number of hydrogen-bond donors (Lipinski definition) is 1. The molecule has 0 aromatic heterocycles. The molecule has 20 heavy (non-hydrogen) atoms. The van der Waals surface area contributed by atoms with Gasteiger partial charge in [-0.2, -0.15) is 0 Å². The zero-order valence-electron chi connectivity index (χ0n) is 11.2. The molecule has 4 heteroatoms. The van der Waals surface area contributed by atoms with E-state index in [2.05, 4.69) is 12.1 Å². The molecule has 106 valence electrons. The van der Waals surface area contributed by atoms with Crippen LogP contribution in [-0.4, -0.2) is 18.9 Å². The van der Waals surface area contributed by atoms with Crippen molar-refractivity contribution in [1.82, 2.24) is 0 Å². The van der Waals surface area contributed by atoms with Gasteiger partial charge in [0.15, 0.2) is 0 Å². The van der Waals surface area contributed by atoms with Crippen molar-refractivity contribution in [3.63, 3.8) is 0 Å². The first-order valence-electron chi connectivity index (χ1n) is 6.59. The Morgan fingerprint density at radius 1 is 1.05 bits per heavy atom. The van der Waals surface area contributed by atoms with E-state index in [1.54, 1.807) is 11.8 Å². The van der Waals surface area contributed by atoms with E-state index >= 15 is 0 Å². The predicted molar refractivity (Wildman–Crippen MR) is 86.9 cm³/mol. The molecule has 0 fully saturated rings. The van der Waals surface area contributed by atoms with Crippen LogP contribution in [0.2, 0.25) is 5.02 Å². The molecule has 2 aromatic carbocycles. The molecule has 0 atom stereocenters. The van der Waals surface area contributed by atoms with Gasteiger partial charge in [0, 0.05) is 21.2 Å². The normalized spacial score (nSPS) is 10.5. The van der Waals surface area contributed by atoms with Crippen LogP contribution in [-0.2, 0) is 6.42 Å². The van der Waals surface area contributed by atoms with Crippen LogP contribution in [0.15, 0.2) is 53.4 Å². The molecule has 2 aromatic rings. The Balaban J connectivity index is 1.86. The number of ether oxygens (including phenoxy) is 1. The molecule has 0 spiro atoms. The van der Waals surface area contributed by atoms with Crippen LogP contribution in [0.5, 0.6) is 5.75 Å². The highest BCUT2D eigenvalue weighted by Gasteiger charge is 2.07. The van der Waals surface area contributed by atoms with Crippen LogP contribution in [0, 0.1) is 0 Å². The first-order valence-corrected chi connectivity index (χ1v) is 7.95. The van der Waals surface area contributed by atoms with Crippen molar-refractivity contribution < 1.29 is 4.74 Å². The van der Waals surface area contributed by atoms with E-state index in [-0.39, 0.29) is 0 Å². The maximum absolute atomic E-state index is 6.18. The summed E-state index contributed by atoms with van der Waals surface area (Å²) in [5.41, 5.74) is 6.61. The molecular formula is C16H18ClNOS. The summed E-state index contributed by atoms with van der Waals surface area (Å²) < 4.78 is 5.83. The molecule has 0 aliphatic carbocycles. The Labute approximate surface area is 129 Å². The SMILES string of the molecule is NCCc1c(Cl)cccc1OCCSc1ccccc1. The van der Waals surface area contributed by atoms with Crippen molar-refractivity contribution in [3.8, 4) is 5.75 Å². The standard InChI is InChI=1S/C16H18ClNOS/c17-15-7-4-8-16(14(15)9-10-18)19-11-12-20-13-5-2-1-3-6-13/h1-8H,9-12,18H2. The first-order chi connectivity index (χ1) is 9.81. The van der Waals surface area contributed by atoms with Crippen molar-refractivity contribution in [2.45, 2.75) is 11.3 Å². The summed E-state index contributed by atoms with van der Waals surface area (Å²) in [4.78, 5) is 1.25. The Kier molecular flexibility index (Phi) is 6.25. The summed E-state index contributed by atoms with van der Waals surface area (Å²) in [6.45, 7) is 1.22. The molecule has 0 radical (unpaired) electrons. The summed E-state index contributed by atoms with van der Waals surface area (Å²) in [6, 6.07) is 16.0. The molecule has 0 amide bonds. The molecule has 0 saturated carbocycles. The smallest absolute Gasteiger partial charge is 0.124 e. The van der Waals surface area contributed by atoms with Crippen molar-refractivity contribution in [1.29, 1.82) is 0 Å². The van der Waals surface area contributed by atoms with Crippen molar-refractivity contribution in [2.24, 2.45) is 5.73 Å². The lowest BCUT2D eigenvalue weighted by atomic mass is 10.1. The second-order valence-electron chi connectivity index (χ2n) is 4.27. The second-order valence-corrected chi connectivity index (χ2v) is 5.84. The third-order valence-corrected chi connectivity index (χ3v) is 4.15. The summed E-state index contributed by atoms with van der Waals surface area (Å²) in [7, 11) is 0. The Hall–Kier alpha value is -1.16. The van der Waals surface area contributed by atoms with Gasteiger partial charge in [-0.05, 0) is 37.2 Å². The first kappa shape index (κ1) is 15.2. The average Bonchev–Trinajstić information content (AvgIpc) is 2.48. The van der Waals surface area contributed by atoms with Crippen LogP contribution in [0.1, 0.15) is 5.56 Å². The Morgan fingerprint density at radius 2 is 1.85 bits per heavy atom. The minimum atomic E-state index is 0.568. The fraction of sp³-hybridized carbons (Fsp3) is 0.250. The summed E-state index contributed by atoms with van der Waals surface area (Å²) in [6.07, 6.45) is 0.737. The molecule has 0 aliphatic heterocycles. The van der Waals surface area contributed by atoms with E-state index in [4.69, 9.17) is 22.1 Å². The highest BCUT2D eigenvalue weighted by molar-refractivity contribution is 7.99. The lowest BCUT2D eigenvalue weighted by Crippen LogP contribution is -2.07. The van der Waals surface area contributed by atoms with Crippen LogP contribution in [0.25, 0.3) is 0 Å². The monoisotopic (exact) mass is 307 g/mol. The molecule has 0 saturated heterocycles. The number of rotatable bonds is 7. The molecule has 0 bridgehead atoms. The number of nitrogens with two attached hydrogens (primary N) is 1. The van der Waals surface area contributed by atoms with Crippen molar-refractivity contribution >= 4 is 23.4 Å². The topological polar surface area (TPSA) is 35.2 Å². The molecule has 2 nitrogen and oxygen atoms in total. The fourth-order valence-electron chi connectivity index (χ4n) is 1.89. The van der Waals surface area contributed by atoms with E-state index in [0.717, 1.165) is 28.5 Å². The highest BCUT2D eigenvalue weighted by atomic mass is 35.5. The van der Waals surface area contributed by atoms with Gasteiger partial charge in [0.1, 0.15) is 5.75 Å². The average molecular weight is 308 g/mol. The summed E-state index contributed by atoms with van der Waals surface area (Å²) in [5, 5.41) is 0.726. The molecule has 0 heterocycles. The van der Waals surface area contributed by atoms with Crippen LogP contribution >= 0.6 is 23.4 Å². The van der Waals surface area contributed by atoms with E-state index in [9.17, 15) is 0 Å². The minimum absolute atomic E-state index is 0.568. The third-order valence-electron chi connectivity index (χ3n) is 2.82. The van der Waals surface area contributed by atoms with Gasteiger partial charge < -0.3 is 10.5 Å². The Morgan fingerprint density at radius 3 is 2.60 bits per heavy atom. The summed E-state index contributed by atoms with van der Waals surface area (Å²) >= 11 is 7.96. The van der Waals surface area contributed by atoms with E-state index in [1.807, 2.05) is 36.4 Å². The fourth-order valence-corrected chi connectivity index (χ4v) is 2.90. The predicted octanol–water partition coefficient (Wildman–Crippen LogP) is 4.01. The summed E-state index contributed by atoms with van der Waals surface area (Å²) in [5.74, 6) is 1.75. The zero-order valence-corrected chi connectivity index (χ0v) is 12.8. The van der Waals surface area contributed by atoms with Crippen LogP contribution in [0.4, 0.5) is 0 Å². The maximum atomic E-state index is 6.18. The minimum Gasteiger partial charge on any atom is -0.492 e. The number of hydrogen-bond acceptors (Lipinski definition) is 3. The van der Waals surface area contributed by atoms with Gasteiger partial charge in [-0.15, -0.1) is 11.8 Å². The van der Waals surface area contributed by atoms with Crippen molar-refractivity contribution in [2.75, 3.05) is 18.9 Å². The van der Waals surface area contributed by atoms with Gasteiger partial charge in [0.25, 0.3) is 0 Å². The zero-order chi connectivity index (χ0) is 14.2. The number of halogens is 1. The lowest BCUT2D eigenvalue weighted by Gasteiger charge is -2.12. The van der Waals surface area contributed by atoms with Gasteiger partial charge in [-0.25, -0.2) is 0 Å². The quantitative estimate of drug-likeness (QED) is 0.620. The maximum Gasteiger partial charge on any atom is 0.124 e. The van der Waals surface area contributed by atoms with Gasteiger partial charge in [-0.3, -0.25) is 0 Å². The molecule has 2 rings (SSSR count). The largest absolute Gasteiger partial charge is 0.492 e. The van der Waals surface area contributed by atoms with E-state index in [1.165, 1.54) is 4.90 Å². The lowest BCUT2D eigenvalue weighted by molar-refractivity contribution is 0.340. The number of benzene rings is 2. The third kappa shape index (κ3) is 4.44. The van der Waals surface area contributed by atoms with Gasteiger partial charge >= 0.3 is 0 Å². The van der Waals surface area contributed by atoms with Gasteiger partial charge in [0.2, 0.25) is 0 Å². The van der Waals surface area contributed by atoms with E-state index in [0.29, 0.717) is 13.2 Å². The molecular weight excluding hydrogens is 290 g/mol. The van der Waals surface area contributed by atoms with Crippen LogP contribution < -0.4 is 10.5 Å². The molecule has 0 aliphatic rings. The highest BCUT2D eigenvalue weighted by Crippen LogP contribution is 2.27. The Bertz CT molecular complexity index is 533. The van der Waals surface area contributed by atoms with Crippen molar-refractivity contribution in [3.05, 3.63) is 59.1 Å². The molecule has 2 N–H and O–H groups in total.